The van der Waals surface area contributed by atoms with Crippen LogP contribution in [-0.2, 0) is 0 Å². The van der Waals surface area contributed by atoms with Crippen LogP contribution in [0.2, 0.25) is 0 Å². The predicted octanol–water partition coefficient (Wildman–Crippen LogP) is 4.76. The summed E-state index contributed by atoms with van der Waals surface area (Å²) in [5, 5.41) is 3.73. The monoisotopic (exact) mass is 377 g/mol. The van der Waals surface area contributed by atoms with E-state index in [1.165, 1.54) is 34.4 Å². The summed E-state index contributed by atoms with van der Waals surface area (Å²) in [6.07, 6.45) is 2.65. The molecule has 0 bridgehead atoms. The molecule has 0 radical (unpaired) electrons. The van der Waals surface area contributed by atoms with E-state index in [1.807, 2.05) is 0 Å². The van der Waals surface area contributed by atoms with Gasteiger partial charge in [0.15, 0.2) is 0 Å². The van der Waals surface area contributed by atoms with E-state index >= 15 is 0 Å². The second kappa shape index (κ2) is 6.60. The molecule has 1 nitrogen and oxygen atoms in total. The average molecular weight is 379 g/mol. The maximum atomic E-state index is 3.73. The highest BCUT2D eigenvalue weighted by molar-refractivity contribution is 9.11. The van der Waals surface area contributed by atoms with E-state index in [2.05, 4.69) is 74.1 Å². The maximum Gasteiger partial charge on any atom is 0.0305 e. The molecule has 0 spiro atoms. The highest BCUT2D eigenvalue weighted by atomic mass is 79.9. The molecule has 0 aliphatic carbocycles. The van der Waals surface area contributed by atoms with Crippen LogP contribution in [0.15, 0.2) is 27.1 Å². The molecule has 1 aromatic carbocycles. The highest BCUT2D eigenvalue weighted by Crippen LogP contribution is 2.28. The third kappa shape index (κ3) is 3.98. The Morgan fingerprint density at radius 1 is 1.41 bits per heavy atom. The molecule has 1 aliphatic rings. The smallest absolute Gasteiger partial charge is 0.0305 e. The van der Waals surface area contributed by atoms with Crippen molar-refractivity contribution in [2.45, 2.75) is 31.8 Å². The van der Waals surface area contributed by atoms with E-state index in [1.54, 1.807) is 0 Å². The lowest BCUT2D eigenvalue weighted by atomic mass is 10.1. The van der Waals surface area contributed by atoms with Gasteiger partial charge in [0.2, 0.25) is 0 Å². The van der Waals surface area contributed by atoms with Gasteiger partial charge in [0, 0.05) is 26.8 Å². The first-order chi connectivity index (χ1) is 8.16. The highest BCUT2D eigenvalue weighted by Gasteiger charge is 2.17. The number of thioether (sulfide) groups is 1. The van der Waals surface area contributed by atoms with Gasteiger partial charge in [-0.25, -0.2) is 0 Å². The fraction of sp³-hybridized carbons (Fsp3) is 0.538. The van der Waals surface area contributed by atoms with Gasteiger partial charge in [0.1, 0.15) is 0 Å². The van der Waals surface area contributed by atoms with Crippen LogP contribution >= 0.6 is 43.6 Å². The van der Waals surface area contributed by atoms with Crippen molar-refractivity contribution in [3.05, 3.63) is 32.7 Å². The van der Waals surface area contributed by atoms with E-state index in [0.29, 0.717) is 12.1 Å². The number of hydrogen-bond donors (Lipinski definition) is 1. The quantitative estimate of drug-likeness (QED) is 0.813. The van der Waals surface area contributed by atoms with Crippen molar-refractivity contribution in [2.75, 3.05) is 11.5 Å². The van der Waals surface area contributed by atoms with Crippen LogP contribution in [0.5, 0.6) is 0 Å². The van der Waals surface area contributed by atoms with Crippen molar-refractivity contribution < 1.29 is 0 Å². The topological polar surface area (TPSA) is 12.0 Å². The molecule has 0 aromatic heterocycles. The molecule has 1 saturated heterocycles. The summed E-state index contributed by atoms with van der Waals surface area (Å²) in [6, 6.07) is 7.47. The van der Waals surface area contributed by atoms with Gasteiger partial charge in [-0.2, -0.15) is 11.8 Å². The van der Waals surface area contributed by atoms with Crippen LogP contribution in [0.4, 0.5) is 0 Å². The van der Waals surface area contributed by atoms with Gasteiger partial charge in [-0.1, -0.05) is 37.9 Å². The molecule has 1 heterocycles. The summed E-state index contributed by atoms with van der Waals surface area (Å²) < 4.78 is 2.30. The normalized spacial score (nSPS) is 22.4. The summed E-state index contributed by atoms with van der Waals surface area (Å²) in [6.45, 7) is 2.24. The minimum Gasteiger partial charge on any atom is -0.307 e. The Morgan fingerprint density at radius 3 is 2.88 bits per heavy atom. The van der Waals surface area contributed by atoms with Crippen molar-refractivity contribution in [2.24, 2.45) is 0 Å². The van der Waals surface area contributed by atoms with Crippen molar-refractivity contribution in [1.82, 2.24) is 5.32 Å². The molecule has 1 aromatic rings. The summed E-state index contributed by atoms with van der Waals surface area (Å²) in [5.74, 6) is 2.58. The van der Waals surface area contributed by atoms with E-state index in [4.69, 9.17) is 0 Å². The molecule has 17 heavy (non-hydrogen) atoms. The molecule has 1 fully saturated rings. The lowest BCUT2D eigenvalue weighted by Gasteiger charge is -2.27. The van der Waals surface area contributed by atoms with E-state index < -0.39 is 0 Å². The van der Waals surface area contributed by atoms with Gasteiger partial charge in [0.05, 0.1) is 0 Å². The zero-order chi connectivity index (χ0) is 12.3. The molecule has 4 heteroatoms. The third-order valence-electron chi connectivity index (χ3n) is 3.08. The lowest BCUT2D eigenvalue weighted by molar-refractivity contribution is 0.452. The zero-order valence-electron chi connectivity index (χ0n) is 9.88. The van der Waals surface area contributed by atoms with Crippen molar-refractivity contribution in [1.29, 1.82) is 0 Å². The summed E-state index contributed by atoms with van der Waals surface area (Å²) in [7, 11) is 0. The predicted molar refractivity (Wildman–Crippen MR) is 83.7 cm³/mol. The Hall–Kier alpha value is 0.490. The SMILES string of the molecule is CC(NC1CCCSC1)c1ccc(Br)cc1Br. The second-order valence-electron chi connectivity index (χ2n) is 4.47. The molecule has 2 unspecified atom stereocenters. The van der Waals surface area contributed by atoms with Gasteiger partial charge in [-0.3, -0.25) is 0 Å². The number of hydrogen-bond acceptors (Lipinski definition) is 2. The summed E-state index contributed by atoms with van der Waals surface area (Å²) >= 11 is 9.19. The first-order valence-corrected chi connectivity index (χ1v) is 8.69. The molecule has 2 rings (SSSR count). The van der Waals surface area contributed by atoms with Gasteiger partial charge in [-0.15, -0.1) is 0 Å². The minimum absolute atomic E-state index is 0.404. The molecule has 94 valence electrons. The van der Waals surface area contributed by atoms with E-state index in [9.17, 15) is 0 Å². The molecular weight excluding hydrogens is 362 g/mol. The van der Waals surface area contributed by atoms with E-state index in [0.717, 1.165) is 4.47 Å². The number of nitrogens with one attached hydrogen (secondary N) is 1. The Balaban J connectivity index is 2.00. The number of benzene rings is 1. The zero-order valence-corrected chi connectivity index (χ0v) is 13.9. The van der Waals surface area contributed by atoms with Crippen LogP contribution in [0.25, 0.3) is 0 Å². The van der Waals surface area contributed by atoms with Crippen LogP contribution < -0.4 is 5.32 Å². The van der Waals surface area contributed by atoms with Crippen LogP contribution in [0.1, 0.15) is 31.4 Å². The van der Waals surface area contributed by atoms with Crippen molar-refractivity contribution in [3.63, 3.8) is 0 Å². The van der Waals surface area contributed by atoms with Crippen LogP contribution in [0.3, 0.4) is 0 Å². The summed E-state index contributed by atoms with van der Waals surface area (Å²) in [5.41, 5.74) is 1.34. The van der Waals surface area contributed by atoms with E-state index in [-0.39, 0.29) is 0 Å². The Labute approximate surface area is 124 Å². The minimum atomic E-state index is 0.404. The average Bonchev–Trinajstić information content (AvgIpc) is 2.30. The largest absolute Gasteiger partial charge is 0.307 e. The maximum absolute atomic E-state index is 3.73. The molecular formula is C13H17Br2NS. The first-order valence-electron chi connectivity index (χ1n) is 5.95. The Bertz CT molecular complexity index is 378. The van der Waals surface area contributed by atoms with Gasteiger partial charge in [-0.05, 0) is 43.2 Å². The molecule has 0 saturated carbocycles. The fourth-order valence-corrected chi connectivity index (χ4v) is 4.64. The molecule has 0 amide bonds. The molecule has 1 N–H and O–H groups in total. The van der Waals surface area contributed by atoms with Crippen molar-refractivity contribution in [3.8, 4) is 0 Å². The standard InChI is InChI=1S/C13H17Br2NS/c1-9(16-11-3-2-6-17-8-11)12-5-4-10(14)7-13(12)15/h4-5,7,9,11,16H,2-3,6,8H2,1H3. The van der Waals surface area contributed by atoms with Gasteiger partial charge >= 0.3 is 0 Å². The van der Waals surface area contributed by atoms with Crippen LogP contribution in [0, 0.1) is 0 Å². The molecule has 1 aliphatic heterocycles. The summed E-state index contributed by atoms with van der Waals surface area (Å²) in [4.78, 5) is 0. The Morgan fingerprint density at radius 2 is 2.24 bits per heavy atom. The lowest BCUT2D eigenvalue weighted by Crippen LogP contribution is -2.35. The molecule has 2 atom stereocenters. The first kappa shape index (κ1) is 13.9. The van der Waals surface area contributed by atoms with Gasteiger partial charge in [0.25, 0.3) is 0 Å². The number of halogens is 2. The van der Waals surface area contributed by atoms with Crippen molar-refractivity contribution >= 4 is 43.6 Å². The van der Waals surface area contributed by atoms with Gasteiger partial charge < -0.3 is 5.32 Å². The second-order valence-corrected chi connectivity index (χ2v) is 7.39. The third-order valence-corrected chi connectivity index (χ3v) is 5.47. The fourth-order valence-electron chi connectivity index (χ4n) is 2.17. The number of rotatable bonds is 3. The Kier molecular flexibility index (Phi) is 5.40. The van der Waals surface area contributed by atoms with Crippen LogP contribution in [-0.4, -0.2) is 17.5 Å².